The number of primary amides is 1. The number of hydrogen-bond acceptors (Lipinski definition) is 4. The second-order valence-electron chi connectivity index (χ2n) is 3.78. The molecule has 6 heteroatoms. The lowest BCUT2D eigenvalue weighted by Gasteiger charge is -2.14. The summed E-state index contributed by atoms with van der Waals surface area (Å²) in [4.78, 5) is 24.0. The Hall–Kier alpha value is -1.56. The van der Waals surface area contributed by atoms with Crippen molar-refractivity contribution in [2.45, 2.75) is 6.42 Å². The lowest BCUT2D eigenvalue weighted by molar-refractivity contribution is -0.121. The van der Waals surface area contributed by atoms with Crippen LogP contribution in [0.2, 0.25) is 0 Å². The van der Waals surface area contributed by atoms with Crippen molar-refractivity contribution < 1.29 is 14.7 Å². The van der Waals surface area contributed by atoms with Crippen molar-refractivity contribution in [3.63, 3.8) is 0 Å². The van der Waals surface area contributed by atoms with E-state index in [0.29, 0.717) is 11.4 Å². The van der Waals surface area contributed by atoms with E-state index in [9.17, 15) is 9.59 Å². The minimum atomic E-state index is -0.915. The summed E-state index contributed by atoms with van der Waals surface area (Å²) in [6.45, 7) is 1.35. The van der Waals surface area contributed by atoms with Crippen molar-refractivity contribution in [1.29, 1.82) is 0 Å². The third-order valence-corrected chi connectivity index (χ3v) is 3.84. The van der Waals surface area contributed by atoms with Crippen molar-refractivity contribution >= 4 is 28.2 Å². The first-order valence-electron chi connectivity index (χ1n) is 4.95. The molecule has 0 spiro atoms. The van der Waals surface area contributed by atoms with Crippen molar-refractivity contribution in [2.75, 3.05) is 18.0 Å². The Labute approximate surface area is 96.5 Å². The van der Waals surface area contributed by atoms with E-state index in [4.69, 9.17) is 10.8 Å². The molecule has 1 saturated heterocycles. The van der Waals surface area contributed by atoms with Gasteiger partial charge in [0, 0.05) is 13.1 Å². The second kappa shape index (κ2) is 4.13. The first-order chi connectivity index (χ1) is 7.58. The summed E-state index contributed by atoms with van der Waals surface area (Å²) < 4.78 is 0. The summed E-state index contributed by atoms with van der Waals surface area (Å²) in [5.41, 5.74) is 5.24. The molecule has 1 amide bonds. The number of nitrogens with zero attached hydrogens (tertiary/aromatic N) is 1. The van der Waals surface area contributed by atoms with Crippen LogP contribution in [0.4, 0.5) is 5.00 Å². The van der Waals surface area contributed by atoms with E-state index in [-0.39, 0.29) is 11.8 Å². The molecule has 0 saturated carbocycles. The molecule has 1 atom stereocenters. The Bertz CT molecular complexity index is 429. The van der Waals surface area contributed by atoms with Gasteiger partial charge in [-0.2, -0.15) is 0 Å². The number of amides is 1. The van der Waals surface area contributed by atoms with Gasteiger partial charge in [-0.3, -0.25) is 4.79 Å². The van der Waals surface area contributed by atoms with Gasteiger partial charge in [-0.15, -0.1) is 11.3 Å². The van der Waals surface area contributed by atoms with Gasteiger partial charge in [0.15, 0.2) is 0 Å². The monoisotopic (exact) mass is 240 g/mol. The molecule has 1 fully saturated rings. The van der Waals surface area contributed by atoms with E-state index in [2.05, 4.69) is 0 Å². The molecule has 3 N–H and O–H groups in total. The zero-order chi connectivity index (χ0) is 11.7. The molecule has 16 heavy (non-hydrogen) atoms. The smallest absolute Gasteiger partial charge is 0.345 e. The molecular formula is C10H12N2O3S. The summed E-state index contributed by atoms with van der Waals surface area (Å²) in [6, 6.07) is 3.36. The number of anilines is 1. The van der Waals surface area contributed by atoms with Crippen LogP contribution in [0, 0.1) is 5.92 Å². The fourth-order valence-corrected chi connectivity index (χ4v) is 2.68. The zero-order valence-electron chi connectivity index (χ0n) is 8.55. The van der Waals surface area contributed by atoms with Crippen LogP contribution in [0.1, 0.15) is 16.1 Å². The van der Waals surface area contributed by atoms with Crippen LogP contribution < -0.4 is 10.6 Å². The second-order valence-corrected chi connectivity index (χ2v) is 4.84. The van der Waals surface area contributed by atoms with Crippen LogP contribution in [-0.2, 0) is 4.79 Å². The lowest BCUT2D eigenvalue weighted by atomic mass is 10.1. The Balaban J connectivity index is 2.08. The van der Waals surface area contributed by atoms with Crippen molar-refractivity contribution in [2.24, 2.45) is 11.7 Å². The van der Waals surface area contributed by atoms with Crippen LogP contribution in [0.3, 0.4) is 0 Å². The maximum Gasteiger partial charge on any atom is 0.345 e. The van der Waals surface area contributed by atoms with E-state index in [1.165, 1.54) is 11.3 Å². The van der Waals surface area contributed by atoms with Crippen LogP contribution in [-0.4, -0.2) is 30.1 Å². The average Bonchev–Trinajstić information content (AvgIpc) is 2.86. The van der Waals surface area contributed by atoms with Gasteiger partial charge >= 0.3 is 5.97 Å². The Morgan fingerprint density at radius 3 is 2.75 bits per heavy atom. The molecule has 1 unspecified atom stereocenters. The van der Waals surface area contributed by atoms with E-state index in [1.807, 2.05) is 4.90 Å². The largest absolute Gasteiger partial charge is 0.477 e. The fourth-order valence-electron chi connectivity index (χ4n) is 1.81. The third kappa shape index (κ3) is 2.01. The fraction of sp³-hybridized carbons (Fsp3) is 0.400. The first-order valence-corrected chi connectivity index (χ1v) is 5.77. The predicted octanol–water partition coefficient (Wildman–Crippen LogP) is 0.758. The quantitative estimate of drug-likeness (QED) is 0.817. The number of carbonyl (C=O) groups excluding carboxylic acids is 1. The molecule has 2 heterocycles. The molecule has 0 aliphatic carbocycles. The molecule has 5 nitrogen and oxygen atoms in total. The predicted molar refractivity (Wildman–Crippen MR) is 60.8 cm³/mol. The molecule has 1 aliphatic rings. The SMILES string of the molecule is NC(=O)C1CCN(c2ccc(C(=O)O)s2)C1. The summed E-state index contributed by atoms with van der Waals surface area (Å²) >= 11 is 1.23. The Morgan fingerprint density at radius 1 is 1.50 bits per heavy atom. The zero-order valence-corrected chi connectivity index (χ0v) is 9.37. The Morgan fingerprint density at radius 2 is 2.25 bits per heavy atom. The van der Waals surface area contributed by atoms with Gasteiger partial charge < -0.3 is 15.7 Å². The number of carboxylic acids is 1. The highest BCUT2D eigenvalue weighted by Gasteiger charge is 2.27. The number of hydrogen-bond donors (Lipinski definition) is 2. The lowest BCUT2D eigenvalue weighted by Crippen LogP contribution is -2.26. The summed E-state index contributed by atoms with van der Waals surface area (Å²) in [6.07, 6.45) is 0.746. The number of thiophene rings is 1. The number of carbonyl (C=O) groups is 2. The molecule has 0 aromatic carbocycles. The van der Waals surface area contributed by atoms with Crippen LogP contribution in [0.5, 0.6) is 0 Å². The van der Waals surface area contributed by atoms with Gasteiger partial charge in [0.05, 0.1) is 10.9 Å². The minimum Gasteiger partial charge on any atom is -0.477 e. The summed E-state index contributed by atoms with van der Waals surface area (Å²) in [7, 11) is 0. The topological polar surface area (TPSA) is 83.6 Å². The summed E-state index contributed by atoms with van der Waals surface area (Å²) in [5, 5.41) is 9.69. The number of rotatable bonds is 3. The molecule has 1 aromatic heterocycles. The average molecular weight is 240 g/mol. The van der Waals surface area contributed by atoms with E-state index in [0.717, 1.165) is 18.0 Å². The molecule has 1 aliphatic heterocycles. The third-order valence-electron chi connectivity index (χ3n) is 2.70. The van der Waals surface area contributed by atoms with Gasteiger partial charge in [0.1, 0.15) is 4.88 Å². The molecular weight excluding hydrogens is 228 g/mol. The molecule has 0 bridgehead atoms. The van der Waals surface area contributed by atoms with E-state index < -0.39 is 5.97 Å². The summed E-state index contributed by atoms with van der Waals surface area (Å²) in [5.74, 6) is -1.31. The molecule has 0 radical (unpaired) electrons. The van der Waals surface area contributed by atoms with Crippen LogP contribution in [0.25, 0.3) is 0 Å². The van der Waals surface area contributed by atoms with E-state index >= 15 is 0 Å². The van der Waals surface area contributed by atoms with Gasteiger partial charge in [0.2, 0.25) is 5.91 Å². The number of carboxylic acid groups (broad SMARTS) is 1. The molecule has 1 aromatic rings. The first kappa shape index (κ1) is 10.9. The maximum absolute atomic E-state index is 11.0. The normalized spacial score (nSPS) is 20.0. The molecule has 86 valence electrons. The van der Waals surface area contributed by atoms with Crippen molar-refractivity contribution in [3.05, 3.63) is 17.0 Å². The Kier molecular flexibility index (Phi) is 2.82. The van der Waals surface area contributed by atoms with Crippen LogP contribution in [0.15, 0.2) is 12.1 Å². The highest BCUT2D eigenvalue weighted by atomic mass is 32.1. The minimum absolute atomic E-state index is 0.115. The van der Waals surface area contributed by atoms with Crippen molar-refractivity contribution in [3.8, 4) is 0 Å². The van der Waals surface area contributed by atoms with Crippen molar-refractivity contribution in [1.82, 2.24) is 0 Å². The molecule has 2 rings (SSSR count). The van der Waals surface area contributed by atoms with Crippen LogP contribution >= 0.6 is 11.3 Å². The van der Waals surface area contributed by atoms with Gasteiger partial charge in [-0.1, -0.05) is 0 Å². The highest BCUT2D eigenvalue weighted by molar-refractivity contribution is 7.17. The van der Waals surface area contributed by atoms with Gasteiger partial charge in [-0.05, 0) is 18.6 Å². The standard InChI is InChI=1S/C10H12N2O3S/c11-9(13)6-3-4-12(5-6)8-2-1-7(16-8)10(14)15/h1-2,6H,3-5H2,(H2,11,13)(H,14,15). The van der Waals surface area contributed by atoms with E-state index in [1.54, 1.807) is 12.1 Å². The number of nitrogens with two attached hydrogens (primary N) is 1. The maximum atomic E-state index is 11.0. The van der Waals surface area contributed by atoms with Gasteiger partial charge in [0.25, 0.3) is 0 Å². The number of aromatic carboxylic acids is 1. The van der Waals surface area contributed by atoms with Gasteiger partial charge in [-0.25, -0.2) is 4.79 Å². The highest BCUT2D eigenvalue weighted by Crippen LogP contribution is 2.30.